The van der Waals surface area contributed by atoms with Crippen LogP contribution in [0.4, 0.5) is 10.1 Å². The van der Waals surface area contributed by atoms with Gasteiger partial charge >= 0.3 is 0 Å². The van der Waals surface area contributed by atoms with Gasteiger partial charge in [0.05, 0.1) is 15.5 Å². The second-order valence-electron chi connectivity index (χ2n) is 4.59. The first kappa shape index (κ1) is 16.4. The molecule has 0 unspecified atom stereocenters. The lowest BCUT2D eigenvalue weighted by Crippen LogP contribution is -2.16. The highest BCUT2D eigenvalue weighted by molar-refractivity contribution is 7.92. The van der Waals surface area contributed by atoms with E-state index in [1.165, 1.54) is 31.2 Å². The minimum atomic E-state index is -4.04. The van der Waals surface area contributed by atoms with Crippen LogP contribution in [0.1, 0.15) is 5.56 Å². The molecule has 0 aliphatic carbocycles. The molecule has 0 aliphatic rings. The summed E-state index contributed by atoms with van der Waals surface area (Å²) in [4.78, 5) is -0.461. The highest BCUT2D eigenvalue weighted by Crippen LogP contribution is 2.22. The molecule has 0 spiro atoms. The molecule has 0 atom stereocenters. The summed E-state index contributed by atoms with van der Waals surface area (Å²) in [5.74, 6) is -0.697. The van der Waals surface area contributed by atoms with Crippen molar-refractivity contribution in [3.8, 4) is 0 Å². The molecule has 0 saturated carbocycles. The maximum Gasteiger partial charge on any atom is 0.261 e. The van der Waals surface area contributed by atoms with E-state index in [2.05, 4.69) is 4.72 Å². The van der Waals surface area contributed by atoms with Crippen LogP contribution in [0.15, 0.2) is 52.3 Å². The van der Waals surface area contributed by atoms with Crippen LogP contribution in [0.5, 0.6) is 0 Å². The molecule has 0 saturated heterocycles. The topological polar surface area (TPSA) is 106 Å². The molecule has 2 aromatic carbocycles. The maximum absolute atomic E-state index is 13.1. The number of rotatable bonds is 4. The summed E-state index contributed by atoms with van der Waals surface area (Å²) in [7, 11) is -8.01. The molecule has 3 N–H and O–H groups in total. The number of nitrogens with two attached hydrogens (primary N) is 1. The second-order valence-corrected chi connectivity index (χ2v) is 7.80. The van der Waals surface area contributed by atoms with E-state index >= 15 is 0 Å². The molecule has 2 rings (SSSR count). The van der Waals surface area contributed by atoms with E-state index in [-0.39, 0.29) is 15.5 Å². The van der Waals surface area contributed by atoms with Crippen LogP contribution in [-0.2, 0) is 20.0 Å². The van der Waals surface area contributed by atoms with Gasteiger partial charge in [-0.3, -0.25) is 4.72 Å². The monoisotopic (exact) mass is 344 g/mol. The first-order chi connectivity index (χ1) is 10.1. The Hall–Kier alpha value is -1.97. The number of primary sulfonamides is 1. The maximum atomic E-state index is 13.1. The van der Waals surface area contributed by atoms with Gasteiger partial charge in [-0.1, -0.05) is 12.1 Å². The number of aryl methyl sites for hydroxylation is 1. The average molecular weight is 344 g/mol. The highest BCUT2D eigenvalue weighted by Gasteiger charge is 2.17. The molecule has 6 nitrogen and oxygen atoms in total. The Morgan fingerprint density at radius 2 is 1.73 bits per heavy atom. The fraction of sp³-hybridized carbons (Fsp3) is 0.0769. The fourth-order valence-corrected chi connectivity index (χ4v) is 3.71. The van der Waals surface area contributed by atoms with E-state index in [4.69, 9.17) is 5.14 Å². The fourth-order valence-electron chi connectivity index (χ4n) is 1.82. The van der Waals surface area contributed by atoms with Crippen molar-refractivity contribution >= 4 is 25.7 Å². The standard InChI is InChI=1S/C13H13FN2O4S2/c1-9-5-6-11(8-13(9)21(15,17)18)16-22(19,20)12-4-2-3-10(14)7-12/h2-8,16H,1H3,(H2,15,17,18). The summed E-state index contributed by atoms with van der Waals surface area (Å²) < 4.78 is 62.5. The molecule has 22 heavy (non-hydrogen) atoms. The Morgan fingerprint density at radius 3 is 2.32 bits per heavy atom. The first-order valence-electron chi connectivity index (χ1n) is 6.01. The second kappa shape index (κ2) is 5.67. The Labute approximate surface area is 127 Å². The number of benzene rings is 2. The molecule has 0 amide bonds. The van der Waals surface area contributed by atoms with Crippen LogP contribution in [0.3, 0.4) is 0 Å². The minimum absolute atomic E-state index is 0.0129. The van der Waals surface area contributed by atoms with Crippen molar-refractivity contribution < 1.29 is 21.2 Å². The summed E-state index contributed by atoms with van der Waals surface area (Å²) in [6, 6.07) is 8.38. The van der Waals surface area contributed by atoms with E-state index in [9.17, 15) is 21.2 Å². The van der Waals surface area contributed by atoms with Gasteiger partial charge in [0.2, 0.25) is 10.0 Å². The third kappa shape index (κ3) is 3.62. The van der Waals surface area contributed by atoms with Gasteiger partial charge in [-0.15, -0.1) is 0 Å². The third-order valence-electron chi connectivity index (χ3n) is 2.85. The van der Waals surface area contributed by atoms with Crippen LogP contribution in [0.25, 0.3) is 0 Å². The van der Waals surface area contributed by atoms with Gasteiger partial charge in [-0.05, 0) is 42.8 Å². The van der Waals surface area contributed by atoms with E-state index < -0.39 is 25.9 Å². The predicted molar refractivity (Wildman–Crippen MR) is 79.8 cm³/mol. The lowest BCUT2D eigenvalue weighted by atomic mass is 10.2. The number of anilines is 1. The molecule has 0 aliphatic heterocycles. The lowest BCUT2D eigenvalue weighted by Gasteiger charge is -2.10. The van der Waals surface area contributed by atoms with Crippen molar-refractivity contribution in [3.05, 3.63) is 53.8 Å². The Kier molecular flexibility index (Phi) is 4.23. The summed E-state index contributed by atoms with van der Waals surface area (Å²) in [5.41, 5.74) is 0.398. The van der Waals surface area contributed by atoms with Crippen LogP contribution < -0.4 is 9.86 Å². The van der Waals surface area contributed by atoms with Crippen molar-refractivity contribution in [2.45, 2.75) is 16.7 Å². The SMILES string of the molecule is Cc1ccc(NS(=O)(=O)c2cccc(F)c2)cc1S(N)(=O)=O. The van der Waals surface area contributed by atoms with Crippen LogP contribution in [-0.4, -0.2) is 16.8 Å². The molecule has 0 radical (unpaired) electrons. The first-order valence-corrected chi connectivity index (χ1v) is 9.04. The van der Waals surface area contributed by atoms with Crippen molar-refractivity contribution in [1.29, 1.82) is 0 Å². The summed E-state index contributed by atoms with van der Waals surface area (Å²) in [5, 5.41) is 5.07. The van der Waals surface area contributed by atoms with Crippen LogP contribution in [0, 0.1) is 12.7 Å². The molecular weight excluding hydrogens is 331 g/mol. The lowest BCUT2D eigenvalue weighted by molar-refractivity contribution is 0.594. The number of nitrogens with one attached hydrogen (secondary N) is 1. The number of hydrogen-bond acceptors (Lipinski definition) is 4. The normalized spacial score (nSPS) is 12.1. The van der Waals surface area contributed by atoms with Crippen molar-refractivity contribution in [2.24, 2.45) is 5.14 Å². The molecule has 9 heteroatoms. The van der Waals surface area contributed by atoms with Gasteiger partial charge in [0.15, 0.2) is 0 Å². The smallest absolute Gasteiger partial charge is 0.261 e. The largest absolute Gasteiger partial charge is 0.280 e. The average Bonchev–Trinajstić information content (AvgIpc) is 2.39. The summed E-state index contributed by atoms with van der Waals surface area (Å²) in [6.45, 7) is 1.53. The Bertz CT molecular complexity index is 925. The molecular formula is C13H13FN2O4S2. The zero-order chi connectivity index (χ0) is 16.5. The zero-order valence-electron chi connectivity index (χ0n) is 11.4. The number of hydrogen-bond donors (Lipinski definition) is 2. The van der Waals surface area contributed by atoms with E-state index in [1.807, 2.05) is 0 Å². The molecule has 0 bridgehead atoms. The van der Waals surface area contributed by atoms with Gasteiger partial charge in [0.25, 0.3) is 10.0 Å². The van der Waals surface area contributed by atoms with Gasteiger partial charge < -0.3 is 0 Å². The van der Waals surface area contributed by atoms with Gasteiger partial charge in [-0.25, -0.2) is 26.4 Å². The van der Waals surface area contributed by atoms with E-state index in [0.717, 1.165) is 18.2 Å². The molecule has 0 fully saturated rings. The molecule has 118 valence electrons. The minimum Gasteiger partial charge on any atom is -0.280 e. The number of halogens is 1. The summed E-state index contributed by atoms with van der Waals surface area (Å²) in [6.07, 6.45) is 0. The van der Waals surface area contributed by atoms with Gasteiger partial charge in [0, 0.05) is 0 Å². The van der Waals surface area contributed by atoms with Gasteiger partial charge in [0.1, 0.15) is 5.82 Å². The van der Waals surface area contributed by atoms with Gasteiger partial charge in [-0.2, -0.15) is 0 Å². The van der Waals surface area contributed by atoms with E-state index in [1.54, 1.807) is 0 Å². The Morgan fingerprint density at radius 1 is 1.05 bits per heavy atom. The van der Waals surface area contributed by atoms with E-state index in [0.29, 0.717) is 5.56 Å². The number of sulfonamides is 2. The van der Waals surface area contributed by atoms with Crippen molar-refractivity contribution in [1.82, 2.24) is 0 Å². The predicted octanol–water partition coefficient (Wildman–Crippen LogP) is 1.58. The zero-order valence-corrected chi connectivity index (χ0v) is 13.1. The van der Waals surface area contributed by atoms with Crippen LogP contribution >= 0.6 is 0 Å². The summed E-state index contributed by atoms with van der Waals surface area (Å²) >= 11 is 0. The quantitative estimate of drug-likeness (QED) is 0.878. The Balaban J connectivity index is 2.43. The molecule has 0 heterocycles. The molecule has 0 aromatic heterocycles. The van der Waals surface area contributed by atoms with Crippen molar-refractivity contribution in [2.75, 3.05) is 4.72 Å². The van der Waals surface area contributed by atoms with Crippen LogP contribution in [0.2, 0.25) is 0 Å². The molecule has 2 aromatic rings. The highest BCUT2D eigenvalue weighted by atomic mass is 32.2. The van der Waals surface area contributed by atoms with Crippen molar-refractivity contribution in [3.63, 3.8) is 0 Å². The third-order valence-corrected chi connectivity index (χ3v) is 5.29.